The number of unbranched alkanes of at least 4 members (excludes halogenated alkanes) is 36. The molecule has 0 rings (SSSR count). The number of nitrogens with one attached hydrogen (secondary N) is 1. The second-order valence-electron chi connectivity index (χ2n) is 21.0. The Morgan fingerprint density at radius 1 is 0.507 bits per heavy atom. The summed E-state index contributed by atoms with van der Waals surface area (Å²) in [7, 11) is 1.25. The number of hydrogen-bond donors (Lipinski definition) is 2. The van der Waals surface area contributed by atoms with Crippen LogP contribution in [0.25, 0.3) is 0 Å². The van der Waals surface area contributed by atoms with Crippen LogP contribution in [0.15, 0.2) is 36.5 Å². The molecule has 0 aromatic heterocycles. The van der Waals surface area contributed by atoms with Crippen LogP contribution in [0, 0.1) is 0 Å². The van der Waals surface area contributed by atoms with Crippen molar-refractivity contribution in [3.8, 4) is 0 Å². The molecule has 0 heterocycles. The number of aliphatic hydroxyl groups is 1. The predicted molar refractivity (Wildman–Crippen MR) is 288 cm³/mol. The number of phosphoric ester groups is 1. The molecule has 3 unspecified atom stereocenters. The molecule has 0 saturated carbocycles. The summed E-state index contributed by atoms with van der Waals surface area (Å²) in [6, 6.07) is -0.908. The molecule has 0 aromatic carbocycles. The van der Waals surface area contributed by atoms with Crippen LogP contribution in [0.4, 0.5) is 0 Å². The third-order valence-electron chi connectivity index (χ3n) is 13.1. The molecule has 0 fully saturated rings. The molecule has 2 N–H and O–H groups in total. The second kappa shape index (κ2) is 49.7. The van der Waals surface area contributed by atoms with E-state index in [0.29, 0.717) is 17.4 Å². The largest absolute Gasteiger partial charge is 0.756 e. The smallest absolute Gasteiger partial charge is 0.268 e. The van der Waals surface area contributed by atoms with E-state index in [0.717, 1.165) is 44.9 Å². The normalized spacial score (nSPS) is 14.2. The number of likely N-dealkylation sites (N-methyl/N-ethyl adjacent to an activating group) is 1. The van der Waals surface area contributed by atoms with Crippen molar-refractivity contribution in [1.29, 1.82) is 0 Å². The monoisotopic (exact) mass is 965 g/mol. The number of aliphatic hydroxyl groups excluding tert-OH is 1. The molecule has 0 aliphatic heterocycles. The van der Waals surface area contributed by atoms with Crippen molar-refractivity contribution in [2.45, 2.75) is 289 Å². The summed E-state index contributed by atoms with van der Waals surface area (Å²) in [5.74, 6) is -0.206. The third kappa shape index (κ3) is 52.4. The van der Waals surface area contributed by atoms with Crippen molar-refractivity contribution >= 4 is 13.7 Å². The van der Waals surface area contributed by atoms with E-state index in [1.54, 1.807) is 6.08 Å². The van der Waals surface area contributed by atoms with Gasteiger partial charge in [-0.05, 0) is 44.9 Å². The van der Waals surface area contributed by atoms with Gasteiger partial charge in [0.2, 0.25) is 5.91 Å². The molecule has 0 spiro atoms. The maximum absolute atomic E-state index is 13.0. The molecule has 0 saturated heterocycles. The average molecular weight is 966 g/mol. The van der Waals surface area contributed by atoms with E-state index in [1.165, 1.54) is 212 Å². The van der Waals surface area contributed by atoms with E-state index in [2.05, 4.69) is 43.5 Å². The van der Waals surface area contributed by atoms with Gasteiger partial charge in [-0.3, -0.25) is 9.36 Å². The lowest BCUT2D eigenvalue weighted by Crippen LogP contribution is -2.45. The minimum absolute atomic E-state index is 0.00736. The first-order valence-corrected chi connectivity index (χ1v) is 30.3. The van der Waals surface area contributed by atoms with Crippen molar-refractivity contribution in [3.63, 3.8) is 0 Å². The molecule has 9 heteroatoms. The summed E-state index contributed by atoms with van der Waals surface area (Å²) in [6.45, 7) is 4.66. The van der Waals surface area contributed by atoms with E-state index in [9.17, 15) is 19.4 Å². The van der Waals surface area contributed by atoms with Crippen LogP contribution in [0.3, 0.4) is 0 Å². The first-order chi connectivity index (χ1) is 32.5. The van der Waals surface area contributed by atoms with Gasteiger partial charge in [0.1, 0.15) is 13.2 Å². The Morgan fingerprint density at radius 2 is 0.836 bits per heavy atom. The number of allylic oxidation sites excluding steroid dienone is 5. The highest BCUT2D eigenvalue weighted by Crippen LogP contribution is 2.38. The summed E-state index contributed by atoms with van der Waals surface area (Å²) >= 11 is 0. The van der Waals surface area contributed by atoms with Crippen molar-refractivity contribution in [3.05, 3.63) is 36.5 Å². The van der Waals surface area contributed by atoms with Gasteiger partial charge in [0.15, 0.2) is 0 Å². The minimum atomic E-state index is -4.61. The summed E-state index contributed by atoms with van der Waals surface area (Å²) < 4.78 is 23.3. The Bertz CT molecular complexity index is 1190. The Balaban J connectivity index is 4.26. The SMILES string of the molecule is CCCCCCCCCCCCCC/C=C/CC/C=C/CC/C=C/C(O)C(COP(=O)([O-])OCC[N+](C)(C)C)NC(=O)CCCCCCCCCCCCCCCCCCCCCCCCC. The first kappa shape index (κ1) is 65.7. The summed E-state index contributed by atoms with van der Waals surface area (Å²) in [6.07, 6.45) is 63.7. The van der Waals surface area contributed by atoms with E-state index in [4.69, 9.17) is 9.05 Å². The van der Waals surface area contributed by atoms with E-state index < -0.39 is 26.6 Å². The van der Waals surface area contributed by atoms with Gasteiger partial charge in [-0.2, -0.15) is 0 Å². The van der Waals surface area contributed by atoms with Crippen LogP contribution in [0.1, 0.15) is 277 Å². The van der Waals surface area contributed by atoms with Crippen LogP contribution >= 0.6 is 7.82 Å². The molecule has 0 bridgehead atoms. The highest BCUT2D eigenvalue weighted by atomic mass is 31.2. The standard InChI is InChI=1S/C58H113N2O6P/c1-6-8-10-12-14-16-18-20-22-24-26-28-30-32-34-36-38-40-42-44-46-48-50-52-58(62)59-56(55-66-67(63,64)65-54-53-60(3,4)5)57(61)51-49-47-45-43-41-39-37-35-33-31-29-27-25-23-21-19-17-15-13-11-9-7-2/h33,35,41,43,49,51,56-57,61H,6-32,34,36-40,42,44-48,50,52-55H2,1-5H3,(H-,59,62,63,64)/b35-33+,43-41+,51-49+. The van der Waals surface area contributed by atoms with Crippen LogP contribution in [-0.4, -0.2) is 68.5 Å². The quantitative estimate of drug-likeness (QED) is 0.0272. The molecular formula is C58H113N2O6P. The maximum atomic E-state index is 13.0. The zero-order chi connectivity index (χ0) is 49.2. The number of rotatable bonds is 53. The summed E-state index contributed by atoms with van der Waals surface area (Å²) in [4.78, 5) is 25.5. The number of carbonyl (C=O) groups excluding carboxylic acids is 1. The molecule has 8 nitrogen and oxygen atoms in total. The van der Waals surface area contributed by atoms with Crippen molar-refractivity contribution in [2.24, 2.45) is 0 Å². The summed E-state index contributed by atoms with van der Waals surface area (Å²) in [5.41, 5.74) is 0. The van der Waals surface area contributed by atoms with Gasteiger partial charge in [-0.25, -0.2) is 0 Å². The fourth-order valence-corrected chi connectivity index (χ4v) is 9.26. The number of amides is 1. The van der Waals surface area contributed by atoms with E-state index >= 15 is 0 Å². The van der Waals surface area contributed by atoms with Gasteiger partial charge < -0.3 is 28.8 Å². The van der Waals surface area contributed by atoms with Gasteiger partial charge >= 0.3 is 0 Å². The van der Waals surface area contributed by atoms with Crippen molar-refractivity contribution < 1.29 is 32.9 Å². The lowest BCUT2D eigenvalue weighted by atomic mass is 10.0. The highest BCUT2D eigenvalue weighted by Gasteiger charge is 2.23. The molecule has 0 radical (unpaired) electrons. The first-order valence-electron chi connectivity index (χ1n) is 28.9. The predicted octanol–water partition coefficient (Wildman–Crippen LogP) is 16.7. The fourth-order valence-electron chi connectivity index (χ4n) is 8.54. The molecule has 67 heavy (non-hydrogen) atoms. The van der Waals surface area contributed by atoms with Gasteiger partial charge in [0.25, 0.3) is 7.82 Å². The third-order valence-corrected chi connectivity index (χ3v) is 14.0. The zero-order valence-corrected chi connectivity index (χ0v) is 46.0. The number of carbonyl (C=O) groups is 1. The van der Waals surface area contributed by atoms with E-state index in [1.807, 2.05) is 27.2 Å². The van der Waals surface area contributed by atoms with Gasteiger partial charge in [0.05, 0.1) is 39.9 Å². The average Bonchev–Trinajstić information content (AvgIpc) is 3.29. The lowest BCUT2D eigenvalue weighted by Gasteiger charge is -2.29. The highest BCUT2D eigenvalue weighted by molar-refractivity contribution is 7.45. The topological polar surface area (TPSA) is 108 Å². The maximum Gasteiger partial charge on any atom is 0.268 e. The second-order valence-corrected chi connectivity index (χ2v) is 22.4. The Hall–Kier alpha value is -1.28. The van der Waals surface area contributed by atoms with Crippen molar-refractivity contribution in [1.82, 2.24) is 5.32 Å². The van der Waals surface area contributed by atoms with Gasteiger partial charge in [-0.15, -0.1) is 0 Å². The lowest BCUT2D eigenvalue weighted by molar-refractivity contribution is -0.870. The van der Waals surface area contributed by atoms with E-state index in [-0.39, 0.29) is 12.5 Å². The number of hydrogen-bond acceptors (Lipinski definition) is 6. The Kier molecular flexibility index (Phi) is 48.7. The molecular weight excluding hydrogens is 852 g/mol. The van der Waals surface area contributed by atoms with Crippen LogP contribution < -0.4 is 10.2 Å². The molecule has 1 amide bonds. The molecule has 0 aromatic rings. The Labute approximate surface area is 417 Å². The van der Waals surface area contributed by atoms with Gasteiger partial charge in [-0.1, -0.05) is 262 Å². The van der Waals surface area contributed by atoms with Crippen LogP contribution in [-0.2, 0) is 18.4 Å². The molecule has 0 aliphatic rings. The number of phosphoric acid groups is 1. The number of quaternary nitrogens is 1. The summed E-state index contributed by atoms with van der Waals surface area (Å²) in [5, 5.41) is 13.9. The number of nitrogens with zero attached hydrogens (tertiary/aromatic N) is 1. The van der Waals surface area contributed by atoms with Crippen molar-refractivity contribution in [2.75, 3.05) is 40.9 Å². The molecule has 0 aliphatic carbocycles. The molecule has 3 atom stereocenters. The molecule has 396 valence electrons. The van der Waals surface area contributed by atoms with Crippen LogP contribution in [0.5, 0.6) is 0 Å². The zero-order valence-electron chi connectivity index (χ0n) is 45.1. The minimum Gasteiger partial charge on any atom is -0.756 e. The van der Waals surface area contributed by atoms with Gasteiger partial charge in [0, 0.05) is 6.42 Å². The van der Waals surface area contributed by atoms with Crippen LogP contribution in [0.2, 0.25) is 0 Å². The fraction of sp³-hybridized carbons (Fsp3) is 0.879. The Morgan fingerprint density at radius 3 is 1.21 bits per heavy atom.